The van der Waals surface area contributed by atoms with E-state index in [1.54, 1.807) is 14.2 Å². The van der Waals surface area contributed by atoms with Crippen molar-refractivity contribution in [3.63, 3.8) is 0 Å². The Morgan fingerprint density at radius 3 is 2.68 bits per heavy atom. The summed E-state index contributed by atoms with van der Waals surface area (Å²) in [5, 5.41) is 7.52. The third-order valence-corrected chi connectivity index (χ3v) is 4.54. The van der Waals surface area contributed by atoms with E-state index < -0.39 is 0 Å². The minimum absolute atomic E-state index is 0.0130. The van der Waals surface area contributed by atoms with E-state index in [-0.39, 0.29) is 6.04 Å². The predicted molar refractivity (Wildman–Crippen MR) is 91.7 cm³/mol. The lowest BCUT2D eigenvalue weighted by Gasteiger charge is -2.29. The summed E-state index contributed by atoms with van der Waals surface area (Å²) in [5.41, 5.74) is 1.02. The summed E-state index contributed by atoms with van der Waals surface area (Å²) in [6.45, 7) is 3.97. The lowest BCUT2D eigenvalue weighted by Crippen LogP contribution is -2.32. The zero-order chi connectivity index (χ0) is 17.6. The van der Waals surface area contributed by atoms with E-state index in [2.05, 4.69) is 15.5 Å². The molecule has 1 atom stereocenters. The molecule has 7 nitrogen and oxygen atoms in total. The van der Waals surface area contributed by atoms with Gasteiger partial charge in [0.25, 0.3) is 0 Å². The minimum Gasteiger partial charge on any atom is -0.493 e. The first-order chi connectivity index (χ1) is 12.2. The van der Waals surface area contributed by atoms with Gasteiger partial charge in [-0.3, -0.25) is 0 Å². The Labute approximate surface area is 147 Å². The fraction of sp³-hybridized carbons (Fsp3) is 0.556. The standard InChI is InChI=1S/C18H25N3O4/c1-12-20-18(25-21-12)16(13-7-9-24-10-8-13)19-11-14-5-4-6-15(22-2)17(14)23-3/h4-6,13,16,19H,7-11H2,1-3H3. The number of aryl methyl sites for hydroxylation is 1. The van der Waals surface area contributed by atoms with Crippen LogP contribution < -0.4 is 14.8 Å². The van der Waals surface area contributed by atoms with Crippen LogP contribution in [0.3, 0.4) is 0 Å². The number of para-hydroxylation sites is 1. The van der Waals surface area contributed by atoms with Gasteiger partial charge in [0.05, 0.1) is 20.3 Å². The van der Waals surface area contributed by atoms with Crippen molar-refractivity contribution in [2.24, 2.45) is 5.92 Å². The van der Waals surface area contributed by atoms with E-state index in [0.29, 0.717) is 24.2 Å². The number of hydrogen-bond donors (Lipinski definition) is 1. The molecule has 0 amide bonds. The summed E-state index contributed by atoms with van der Waals surface area (Å²) in [6, 6.07) is 5.85. The van der Waals surface area contributed by atoms with Crippen LogP contribution in [0.1, 0.15) is 36.2 Å². The molecule has 136 valence electrons. The Morgan fingerprint density at radius 2 is 2.04 bits per heavy atom. The highest BCUT2D eigenvalue weighted by Crippen LogP contribution is 2.33. The molecule has 1 saturated heterocycles. The summed E-state index contributed by atoms with van der Waals surface area (Å²) in [5.74, 6) is 3.13. The molecule has 1 unspecified atom stereocenters. The van der Waals surface area contributed by atoms with Crippen LogP contribution in [0.4, 0.5) is 0 Å². The summed E-state index contributed by atoms with van der Waals surface area (Å²) in [4.78, 5) is 4.44. The van der Waals surface area contributed by atoms with Gasteiger partial charge in [-0.15, -0.1) is 0 Å². The van der Waals surface area contributed by atoms with Crippen LogP contribution >= 0.6 is 0 Å². The average Bonchev–Trinajstić information content (AvgIpc) is 3.08. The normalized spacial score (nSPS) is 16.6. The first-order valence-electron chi connectivity index (χ1n) is 8.54. The highest BCUT2D eigenvalue weighted by Gasteiger charge is 2.29. The first-order valence-corrected chi connectivity index (χ1v) is 8.54. The highest BCUT2D eigenvalue weighted by molar-refractivity contribution is 5.46. The summed E-state index contributed by atoms with van der Waals surface area (Å²) < 4.78 is 21.8. The molecule has 7 heteroatoms. The fourth-order valence-electron chi connectivity index (χ4n) is 3.26. The smallest absolute Gasteiger partial charge is 0.244 e. The first kappa shape index (κ1) is 17.7. The van der Waals surface area contributed by atoms with Crippen molar-refractivity contribution >= 4 is 0 Å². The maximum atomic E-state index is 5.52. The number of methoxy groups -OCH3 is 2. The fourth-order valence-corrected chi connectivity index (χ4v) is 3.26. The van der Waals surface area contributed by atoms with Crippen LogP contribution in [-0.2, 0) is 11.3 Å². The summed E-state index contributed by atoms with van der Waals surface area (Å²) in [6.07, 6.45) is 1.93. The molecule has 3 rings (SSSR count). The van der Waals surface area contributed by atoms with E-state index in [9.17, 15) is 0 Å². The van der Waals surface area contributed by atoms with Crippen molar-refractivity contribution in [2.45, 2.75) is 32.4 Å². The molecule has 0 radical (unpaired) electrons. The summed E-state index contributed by atoms with van der Waals surface area (Å²) in [7, 11) is 3.29. The van der Waals surface area contributed by atoms with Crippen molar-refractivity contribution in [1.29, 1.82) is 0 Å². The second-order valence-corrected chi connectivity index (χ2v) is 6.14. The van der Waals surface area contributed by atoms with Crippen LogP contribution in [0, 0.1) is 12.8 Å². The molecule has 1 aliphatic heterocycles. The number of rotatable bonds is 7. The average molecular weight is 347 g/mol. The SMILES string of the molecule is COc1cccc(CNC(c2nc(C)no2)C2CCOCC2)c1OC. The molecule has 1 aliphatic rings. The molecule has 1 fully saturated rings. The lowest BCUT2D eigenvalue weighted by molar-refractivity contribution is 0.0485. The zero-order valence-corrected chi connectivity index (χ0v) is 14.9. The molecule has 2 heterocycles. The molecule has 1 aromatic carbocycles. The lowest BCUT2D eigenvalue weighted by atomic mass is 9.91. The molecule has 0 aliphatic carbocycles. The third-order valence-electron chi connectivity index (χ3n) is 4.54. The van der Waals surface area contributed by atoms with Gasteiger partial charge in [0, 0.05) is 25.3 Å². The van der Waals surface area contributed by atoms with Crippen LogP contribution in [0.25, 0.3) is 0 Å². The van der Waals surface area contributed by atoms with Crippen LogP contribution in [0.5, 0.6) is 11.5 Å². The largest absolute Gasteiger partial charge is 0.493 e. The van der Waals surface area contributed by atoms with Crippen molar-refractivity contribution in [3.05, 3.63) is 35.5 Å². The zero-order valence-electron chi connectivity index (χ0n) is 14.9. The second-order valence-electron chi connectivity index (χ2n) is 6.14. The Balaban J connectivity index is 1.79. The van der Waals surface area contributed by atoms with Crippen LogP contribution in [-0.4, -0.2) is 37.6 Å². The van der Waals surface area contributed by atoms with E-state index >= 15 is 0 Å². The highest BCUT2D eigenvalue weighted by atomic mass is 16.5. The molecule has 0 saturated carbocycles. The van der Waals surface area contributed by atoms with Gasteiger partial charge in [0.2, 0.25) is 5.89 Å². The van der Waals surface area contributed by atoms with Gasteiger partial charge in [-0.05, 0) is 31.7 Å². The molecule has 1 aromatic heterocycles. The molecule has 0 bridgehead atoms. The van der Waals surface area contributed by atoms with Crippen LogP contribution in [0.15, 0.2) is 22.7 Å². The number of hydrogen-bond acceptors (Lipinski definition) is 7. The van der Waals surface area contributed by atoms with E-state index in [1.165, 1.54) is 0 Å². The van der Waals surface area contributed by atoms with Gasteiger partial charge in [0.15, 0.2) is 17.3 Å². The Kier molecular flexibility index (Phi) is 5.88. The van der Waals surface area contributed by atoms with Gasteiger partial charge in [-0.25, -0.2) is 0 Å². The van der Waals surface area contributed by atoms with Gasteiger partial charge in [-0.1, -0.05) is 17.3 Å². The monoisotopic (exact) mass is 347 g/mol. The minimum atomic E-state index is -0.0130. The maximum Gasteiger partial charge on any atom is 0.244 e. The van der Waals surface area contributed by atoms with Gasteiger partial charge < -0.3 is 24.1 Å². The number of aromatic nitrogens is 2. The maximum absolute atomic E-state index is 5.52. The summed E-state index contributed by atoms with van der Waals surface area (Å²) >= 11 is 0. The van der Waals surface area contributed by atoms with Crippen molar-refractivity contribution < 1.29 is 18.7 Å². The van der Waals surface area contributed by atoms with Crippen molar-refractivity contribution in [1.82, 2.24) is 15.5 Å². The molecule has 25 heavy (non-hydrogen) atoms. The molecule has 2 aromatic rings. The Hall–Kier alpha value is -2.12. The predicted octanol–water partition coefficient (Wildman–Crippen LogP) is 2.65. The molecular weight excluding hydrogens is 322 g/mol. The van der Waals surface area contributed by atoms with Crippen LogP contribution in [0.2, 0.25) is 0 Å². The number of benzene rings is 1. The molecular formula is C18H25N3O4. The number of ether oxygens (including phenoxy) is 3. The van der Waals surface area contributed by atoms with Crippen molar-refractivity contribution in [2.75, 3.05) is 27.4 Å². The Morgan fingerprint density at radius 1 is 1.24 bits per heavy atom. The third kappa shape index (κ3) is 4.11. The molecule has 1 N–H and O–H groups in total. The van der Waals surface area contributed by atoms with Gasteiger partial charge >= 0.3 is 0 Å². The van der Waals surface area contributed by atoms with Gasteiger partial charge in [0.1, 0.15) is 0 Å². The molecule has 0 spiro atoms. The van der Waals surface area contributed by atoms with Gasteiger partial charge in [-0.2, -0.15) is 4.98 Å². The topological polar surface area (TPSA) is 78.6 Å². The second kappa shape index (κ2) is 8.31. The quantitative estimate of drug-likeness (QED) is 0.825. The number of nitrogens with zero attached hydrogens (tertiary/aromatic N) is 2. The Bertz CT molecular complexity index is 683. The van der Waals surface area contributed by atoms with E-state index in [1.807, 2.05) is 25.1 Å². The van der Waals surface area contributed by atoms with E-state index in [4.69, 9.17) is 18.7 Å². The van der Waals surface area contributed by atoms with Crippen molar-refractivity contribution in [3.8, 4) is 11.5 Å². The number of nitrogens with one attached hydrogen (secondary N) is 1. The van der Waals surface area contributed by atoms with E-state index in [0.717, 1.165) is 43.1 Å².